The Morgan fingerprint density at radius 2 is 2.23 bits per heavy atom. The molecule has 7 nitrogen and oxygen atoms in total. The predicted octanol–water partition coefficient (Wildman–Crippen LogP) is 0.184. The van der Waals surface area contributed by atoms with Crippen molar-refractivity contribution in [1.82, 2.24) is 10.2 Å². The van der Waals surface area contributed by atoms with Crippen LogP contribution in [0.15, 0.2) is 18.2 Å². The molecule has 3 rings (SSSR count). The molecule has 3 N–H and O–H groups in total. The third kappa shape index (κ3) is 4.54. The molecule has 2 aliphatic rings. The number of nitrogens with one attached hydrogen (secondary N) is 1. The fourth-order valence-corrected chi connectivity index (χ4v) is 3.52. The Bertz CT molecular complexity index is 624. The molecule has 0 aromatic heterocycles. The van der Waals surface area contributed by atoms with Crippen molar-refractivity contribution >= 4 is 5.91 Å². The number of ether oxygens (including phenoxy) is 2. The Morgan fingerprint density at radius 1 is 1.38 bits per heavy atom. The first-order valence-electron chi connectivity index (χ1n) is 9.24. The summed E-state index contributed by atoms with van der Waals surface area (Å²) in [7, 11) is 1.86. The van der Waals surface area contributed by atoms with Gasteiger partial charge in [0.25, 0.3) is 5.91 Å². The Morgan fingerprint density at radius 3 is 3.04 bits per heavy atom. The highest BCUT2D eigenvalue weighted by Crippen LogP contribution is 2.26. The summed E-state index contributed by atoms with van der Waals surface area (Å²) in [5, 5.41) is 22.5. The van der Waals surface area contributed by atoms with Gasteiger partial charge in [-0.1, -0.05) is 0 Å². The Balaban J connectivity index is 1.61. The second-order valence-corrected chi connectivity index (χ2v) is 7.03. The quantitative estimate of drug-likeness (QED) is 0.667. The normalized spacial score (nSPS) is 25.5. The molecular formula is C19H28N2O5. The number of aryl methyl sites for hydroxylation is 1. The van der Waals surface area contributed by atoms with E-state index in [9.17, 15) is 9.90 Å². The molecule has 3 atom stereocenters. The summed E-state index contributed by atoms with van der Waals surface area (Å²) in [6.07, 6.45) is 1.27. The molecule has 0 saturated carbocycles. The van der Waals surface area contributed by atoms with E-state index in [-0.39, 0.29) is 24.7 Å². The number of rotatable bonds is 6. The van der Waals surface area contributed by atoms with Gasteiger partial charge in [-0.05, 0) is 50.1 Å². The molecule has 26 heavy (non-hydrogen) atoms. The van der Waals surface area contributed by atoms with Crippen LogP contribution in [0.1, 0.15) is 28.8 Å². The summed E-state index contributed by atoms with van der Waals surface area (Å²) < 4.78 is 11.2. The van der Waals surface area contributed by atoms with Crippen molar-refractivity contribution in [3.63, 3.8) is 0 Å². The number of hydrogen-bond acceptors (Lipinski definition) is 6. The molecule has 0 aliphatic carbocycles. The zero-order chi connectivity index (χ0) is 18.5. The Hall–Kier alpha value is -1.67. The lowest BCUT2D eigenvalue weighted by Crippen LogP contribution is -2.56. The molecule has 2 aliphatic heterocycles. The monoisotopic (exact) mass is 364 g/mol. The minimum Gasteiger partial charge on any atom is -0.493 e. The van der Waals surface area contributed by atoms with Crippen LogP contribution in [0.2, 0.25) is 0 Å². The van der Waals surface area contributed by atoms with Gasteiger partial charge < -0.3 is 29.9 Å². The summed E-state index contributed by atoms with van der Waals surface area (Å²) in [5.74, 6) is 0.665. The van der Waals surface area contributed by atoms with Gasteiger partial charge in [0.15, 0.2) is 0 Å². The van der Waals surface area contributed by atoms with Crippen LogP contribution in [-0.4, -0.2) is 79.2 Å². The van der Waals surface area contributed by atoms with Crippen LogP contribution in [0.5, 0.6) is 5.75 Å². The summed E-state index contributed by atoms with van der Waals surface area (Å²) in [5.41, 5.74) is 1.64. The maximum absolute atomic E-state index is 12.6. The first-order chi connectivity index (χ1) is 12.6. The number of amides is 1. The highest BCUT2D eigenvalue weighted by molar-refractivity contribution is 5.94. The van der Waals surface area contributed by atoms with Crippen LogP contribution in [-0.2, 0) is 11.2 Å². The SMILES string of the molecule is CN(CCO)C[C@H]1OCC[C@H](NC(=O)c2ccc3c(c2)CCCO3)[C@@H]1O. The maximum atomic E-state index is 12.6. The molecule has 2 heterocycles. The standard InChI is InChI=1S/C19H28N2O5/c1-21(7-8-22)12-17-18(23)15(6-10-26-17)20-19(24)14-4-5-16-13(11-14)3-2-9-25-16/h4-5,11,15,17-18,22-23H,2-3,6-10,12H2,1H3,(H,20,24)/t15-,17+,18-/m0/s1. The zero-order valence-corrected chi connectivity index (χ0v) is 15.2. The van der Waals surface area contributed by atoms with Gasteiger partial charge in [-0.15, -0.1) is 0 Å². The zero-order valence-electron chi connectivity index (χ0n) is 15.2. The number of hydrogen-bond donors (Lipinski definition) is 3. The van der Waals surface area contributed by atoms with Crippen molar-refractivity contribution in [2.45, 2.75) is 37.5 Å². The van der Waals surface area contributed by atoms with E-state index in [0.717, 1.165) is 30.8 Å². The second kappa shape index (κ2) is 8.81. The molecule has 1 saturated heterocycles. The summed E-state index contributed by atoms with van der Waals surface area (Å²) in [6.45, 7) is 2.28. The number of benzene rings is 1. The molecule has 0 unspecified atom stereocenters. The third-order valence-corrected chi connectivity index (χ3v) is 5.01. The average molecular weight is 364 g/mol. The first-order valence-corrected chi connectivity index (χ1v) is 9.24. The predicted molar refractivity (Wildman–Crippen MR) is 96.5 cm³/mol. The fourth-order valence-electron chi connectivity index (χ4n) is 3.52. The van der Waals surface area contributed by atoms with E-state index in [1.165, 1.54) is 0 Å². The second-order valence-electron chi connectivity index (χ2n) is 7.03. The number of likely N-dealkylation sites (N-methyl/N-ethyl adjacent to an activating group) is 1. The smallest absolute Gasteiger partial charge is 0.251 e. The molecule has 144 valence electrons. The lowest BCUT2D eigenvalue weighted by atomic mass is 9.98. The van der Waals surface area contributed by atoms with E-state index in [1.54, 1.807) is 6.07 Å². The van der Waals surface area contributed by atoms with E-state index < -0.39 is 6.10 Å². The lowest BCUT2D eigenvalue weighted by Gasteiger charge is -2.37. The molecule has 0 radical (unpaired) electrons. The van der Waals surface area contributed by atoms with Crippen molar-refractivity contribution in [1.29, 1.82) is 0 Å². The van der Waals surface area contributed by atoms with Gasteiger partial charge in [0.2, 0.25) is 0 Å². The maximum Gasteiger partial charge on any atom is 0.251 e. The van der Waals surface area contributed by atoms with Crippen LogP contribution in [0.4, 0.5) is 0 Å². The van der Waals surface area contributed by atoms with Crippen LogP contribution in [0.3, 0.4) is 0 Å². The van der Waals surface area contributed by atoms with Gasteiger partial charge in [0.05, 0.1) is 25.4 Å². The molecular weight excluding hydrogens is 336 g/mol. The molecule has 1 amide bonds. The molecule has 0 spiro atoms. The van der Waals surface area contributed by atoms with E-state index >= 15 is 0 Å². The van der Waals surface area contributed by atoms with Crippen molar-refractivity contribution < 1.29 is 24.5 Å². The molecule has 1 aromatic rings. The lowest BCUT2D eigenvalue weighted by molar-refractivity contribution is -0.0980. The van der Waals surface area contributed by atoms with E-state index in [0.29, 0.717) is 31.7 Å². The number of fused-ring (bicyclic) bond motifs is 1. The van der Waals surface area contributed by atoms with Gasteiger partial charge in [-0.2, -0.15) is 0 Å². The van der Waals surface area contributed by atoms with E-state index in [2.05, 4.69) is 5.32 Å². The van der Waals surface area contributed by atoms with Crippen molar-refractivity contribution in [3.8, 4) is 5.75 Å². The molecule has 7 heteroatoms. The molecule has 0 bridgehead atoms. The summed E-state index contributed by atoms with van der Waals surface area (Å²) in [6, 6.07) is 5.13. The Kier molecular flexibility index (Phi) is 6.48. The number of carbonyl (C=O) groups is 1. The number of aliphatic hydroxyl groups excluding tert-OH is 2. The minimum absolute atomic E-state index is 0.0571. The topological polar surface area (TPSA) is 91.3 Å². The van der Waals surface area contributed by atoms with Gasteiger partial charge in [-0.3, -0.25) is 4.79 Å². The first kappa shape index (κ1) is 19.1. The van der Waals surface area contributed by atoms with Gasteiger partial charge in [-0.25, -0.2) is 0 Å². The van der Waals surface area contributed by atoms with Gasteiger partial charge in [0, 0.05) is 25.3 Å². The molecule has 1 aromatic carbocycles. The van der Waals surface area contributed by atoms with Crippen molar-refractivity contribution in [2.75, 3.05) is 40.0 Å². The highest BCUT2D eigenvalue weighted by atomic mass is 16.5. The van der Waals surface area contributed by atoms with Gasteiger partial charge >= 0.3 is 0 Å². The number of carbonyl (C=O) groups excluding carboxylic acids is 1. The average Bonchev–Trinajstić information content (AvgIpc) is 2.64. The van der Waals surface area contributed by atoms with E-state index in [4.69, 9.17) is 14.6 Å². The van der Waals surface area contributed by atoms with Crippen LogP contribution in [0.25, 0.3) is 0 Å². The van der Waals surface area contributed by atoms with Crippen LogP contribution in [0, 0.1) is 0 Å². The summed E-state index contributed by atoms with van der Waals surface area (Å²) >= 11 is 0. The largest absolute Gasteiger partial charge is 0.493 e. The van der Waals surface area contributed by atoms with Crippen LogP contribution >= 0.6 is 0 Å². The summed E-state index contributed by atoms with van der Waals surface area (Å²) in [4.78, 5) is 14.5. The minimum atomic E-state index is -0.783. The number of aliphatic hydroxyl groups is 2. The van der Waals surface area contributed by atoms with Crippen molar-refractivity contribution in [2.24, 2.45) is 0 Å². The van der Waals surface area contributed by atoms with Crippen molar-refractivity contribution in [3.05, 3.63) is 29.3 Å². The number of nitrogens with zero attached hydrogens (tertiary/aromatic N) is 1. The van der Waals surface area contributed by atoms with Gasteiger partial charge in [0.1, 0.15) is 11.9 Å². The highest BCUT2D eigenvalue weighted by Gasteiger charge is 2.34. The Labute approximate surface area is 153 Å². The third-order valence-electron chi connectivity index (χ3n) is 5.01. The van der Waals surface area contributed by atoms with Crippen LogP contribution < -0.4 is 10.1 Å². The van der Waals surface area contributed by atoms with E-state index in [1.807, 2.05) is 24.1 Å². The fraction of sp³-hybridized carbons (Fsp3) is 0.632. The molecule has 1 fully saturated rings.